The molecule has 2 atom stereocenters. The lowest BCUT2D eigenvalue weighted by Crippen LogP contribution is -2.38. The Hall–Kier alpha value is -1.12. The van der Waals surface area contributed by atoms with E-state index in [4.69, 9.17) is 9.47 Å². The van der Waals surface area contributed by atoms with Crippen molar-refractivity contribution >= 4 is 0 Å². The molecule has 0 N–H and O–H groups in total. The molecule has 3 rings (SSSR count). The van der Waals surface area contributed by atoms with E-state index in [1.54, 1.807) is 0 Å². The summed E-state index contributed by atoms with van der Waals surface area (Å²) in [6, 6.07) is 0. The van der Waals surface area contributed by atoms with E-state index in [-0.39, 0.29) is 6.29 Å². The highest BCUT2D eigenvalue weighted by molar-refractivity contribution is 5.08. The van der Waals surface area contributed by atoms with Crippen LogP contribution in [0.1, 0.15) is 130 Å². The van der Waals surface area contributed by atoms with E-state index in [0.717, 1.165) is 37.7 Å². The summed E-state index contributed by atoms with van der Waals surface area (Å²) >= 11 is 0. The van der Waals surface area contributed by atoms with Crippen LogP contribution in [0.2, 0.25) is 0 Å². The average molecular weight is 483 g/mol. The highest BCUT2D eigenvalue weighted by Gasteiger charge is 2.45. The van der Waals surface area contributed by atoms with Gasteiger partial charge in [0.25, 0.3) is 0 Å². The molecular weight excluding hydrogens is 428 g/mol. The lowest BCUT2D eigenvalue weighted by atomic mass is 9.77. The van der Waals surface area contributed by atoms with Gasteiger partial charge in [-0.05, 0) is 109 Å². The third-order valence-corrected chi connectivity index (χ3v) is 8.53. The summed E-state index contributed by atoms with van der Waals surface area (Å²) in [7, 11) is 0. The second-order valence-electron chi connectivity index (χ2n) is 12.0. The molecule has 2 heteroatoms. The van der Waals surface area contributed by atoms with Crippen LogP contribution >= 0.6 is 0 Å². The van der Waals surface area contributed by atoms with Gasteiger partial charge in [-0.3, -0.25) is 0 Å². The molecule has 3 aliphatic rings. The van der Waals surface area contributed by atoms with E-state index < -0.39 is 0 Å². The molecule has 0 spiro atoms. The minimum Gasteiger partial charge on any atom is -0.342 e. The first-order valence-electron chi connectivity index (χ1n) is 14.9. The predicted molar refractivity (Wildman–Crippen MR) is 150 cm³/mol. The lowest BCUT2D eigenvalue weighted by molar-refractivity contribution is -0.0530. The summed E-state index contributed by atoms with van der Waals surface area (Å²) in [5, 5.41) is 0. The van der Waals surface area contributed by atoms with Crippen molar-refractivity contribution in [2.45, 2.75) is 149 Å². The van der Waals surface area contributed by atoms with E-state index in [2.05, 4.69) is 52.5 Å². The molecule has 0 aromatic rings. The molecule has 2 nitrogen and oxygen atoms in total. The van der Waals surface area contributed by atoms with Gasteiger partial charge in [0.2, 0.25) is 0 Å². The highest BCUT2D eigenvalue weighted by atomic mass is 16.7. The number of rotatable bonds is 12. The van der Waals surface area contributed by atoms with Crippen molar-refractivity contribution in [1.82, 2.24) is 0 Å². The van der Waals surface area contributed by atoms with Gasteiger partial charge in [0.05, 0.1) is 12.2 Å². The van der Waals surface area contributed by atoms with E-state index in [1.165, 1.54) is 87.3 Å². The molecule has 1 heterocycles. The largest absolute Gasteiger partial charge is 0.342 e. The standard InChI is InChI=1S/C33H54O2/c1-25(2)15-12-16-26(3)17-13-18-27(4)19-14-20-28(5)33-34-31(29-21-8-6-9-22-29)32(35-33)30-23-10-7-11-24-30/h15,17,19,29-33H,5-14,16,18,20-24H2,1-4H3/t31-,32-/m1/s1. The third-order valence-electron chi connectivity index (χ3n) is 8.53. The van der Waals surface area contributed by atoms with Crippen LogP contribution < -0.4 is 0 Å². The Morgan fingerprint density at radius 2 is 1.06 bits per heavy atom. The Balaban J connectivity index is 1.44. The Bertz CT molecular complexity index is 700. The summed E-state index contributed by atoms with van der Waals surface area (Å²) < 4.78 is 13.3. The summed E-state index contributed by atoms with van der Waals surface area (Å²) in [4.78, 5) is 0. The summed E-state index contributed by atoms with van der Waals surface area (Å²) in [6.45, 7) is 13.3. The van der Waals surface area contributed by atoms with Crippen LogP contribution in [-0.2, 0) is 9.47 Å². The molecule has 198 valence electrons. The second kappa shape index (κ2) is 15.2. The summed E-state index contributed by atoms with van der Waals surface area (Å²) in [5.41, 5.74) is 5.56. The molecule has 0 bridgehead atoms. The molecule has 0 radical (unpaired) electrons. The zero-order valence-corrected chi connectivity index (χ0v) is 23.5. The van der Waals surface area contributed by atoms with Gasteiger partial charge in [-0.2, -0.15) is 0 Å². The van der Waals surface area contributed by atoms with Crippen LogP contribution in [-0.4, -0.2) is 18.5 Å². The van der Waals surface area contributed by atoms with E-state index in [1.807, 2.05) is 0 Å². The summed E-state index contributed by atoms with van der Waals surface area (Å²) in [5.74, 6) is 1.38. The molecule has 3 fully saturated rings. The van der Waals surface area contributed by atoms with Crippen LogP contribution in [0.25, 0.3) is 0 Å². The lowest BCUT2D eigenvalue weighted by Gasteiger charge is -2.34. The van der Waals surface area contributed by atoms with Crippen molar-refractivity contribution < 1.29 is 9.47 Å². The maximum absolute atomic E-state index is 6.67. The van der Waals surface area contributed by atoms with Crippen molar-refractivity contribution in [3.8, 4) is 0 Å². The average Bonchev–Trinajstić information content (AvgIpc) is 3.31. The molecule has 1 saturated heterocycles. The van der Waals surface area contributed by atoms with Crippen LogP contribution in [0.5, 0.6) is 0 Å². The first-order valence-corrected chi connectivity index (χ1v) is 14.9. The summed E-state index contributed by atoms with van der Waals surface area (Å²) in [6.07, 6.45) is 27.7. The van der Waals surface area contributed by atoms with E-state index in [9.17, 15) is 0 Å². The first-order chi connectivity index (χ1) is 16.9. The van der Waals surface area contributed by atoms with Gasteiger partial charge >= 0.3 is 0 Å². The molecule has 0 aromatic heterocycles. The Labute approximate surface area is 217 Å². The maximum atomic E-state index is 6.67. The zero-order chi connectivity index (χ0) is 25.0. The quantitative estimate of drug-likeness (QED) is 0.258. The van der Waals surface area contributed by atoms with Gasteiger partial charge in [0.1, 0.15) is 0 Å². The number of hydrogen-bond acceptors (Lipinski definition) is 2. The monoisotopic (exact) mass is 482 g/mol. The molecule has 1 aliphatic heterocycles. The normalized spacial score (nSPS) is 25.7. The minimum absolute atomic E-state index is 0.186. The SMILES string of the molecule is C=C(CCC=C(C)CCC=C(C)CCC=C(C)C)C1O[C@H](C2CCCCC2)[C@@H](C2CCCCC2)O1. The van der Waals surface area contributed by atoms with Gasteiger partial charge in [-0.25, -0.2) is 0 Å². The fourth-order valence-electron chi connectivity index (χ4n) is 6.31. The molecule has 2 saturated carbocycles. The molecule has 0 aromatic carbocycles. The first kappa shape index (κ1) is 28.5. The van der Waals surface area contributed by atoms with Crippen molar-refractivity contribution in [3.63, 3.8) is 0 Å². The number of allylic oxidation sites excluding steroid dienone is 6. The van der Waals surface area contributed by atoms with Gasteiger partial charge in [0, 0.05) is 0 Å². The van der Waals surface area contributed by atoms with Crippen molar-refractivity contribution in [2.24, 2.45) is 11.8 Å². The third kappa shape index (κ3) is 9.69. The van der Waals surface area contributed by atoms with Crippen molar-refractivity contribution in [1.29, 1.82) is 0 Å². The Morgan fingerprint density at radius 1 is 0.629 bits per heavy atom. The number of ether oxygens (including phenoxy) is 2. The van der Waals surface area contributed by atoms with E-state index in [0.29, 0.717) is 24.0 Å². The van der Waals surface area contributed by atoms with Gasteiger partial charge < -0.3 is 9.47 Å². The molecular formula is C33H54O2. The maximum Gasteiger partial charge on any atom is 0.180 e. The smallest absolute Gasteiger partial charge is 0.180 e. The molecule has 0 amide bonds. The molecule has 35 heavy (non-hydrogen) atoms. The predicted octanol–water partition coefficient (Wildman–Crippen LogP) is 10.0. The highest BCUT2D eigenvalue weighted by Crippen LogP contribution is 2.42. The fraction of sp³-hybridized carbons (Fsp3) is 0.758. The van der Waals surface area contributed by atoms with Crippen LogP contribution in [0, 0.1) is 11.8 Å². The van der Waals surface area contributed by atoms with Crippen molar-refractivity contribution in [2.75, 3.05) is 0 Å². The van der Waals surface area contributed by atoms with Gasteiger partial charge in [0.15, 0.2) is 6.29 Å². The second-order valence-corrected chi connectivity index (χ2v) is 12.0. The van der Waals surface area contributed by atoms with Crippen LogP contribution in [0.3, 0.4) is 0 Å². The number of hydrogen-bond donors (Lipinski definition) is 0. The fourth-order valence-corrected chi connectivity index (χ4v) is 6.31. The van der Waals surface area contributed by atoms with Crippen LogP contribution in [0.15, 0.2) is 47.1 Å². The molecule has 2 aliphatic carbocycles. The van der Waals surface area contributed by atoms with Crippen LogP contribution in [0.4, 0.5) is 0 Å². The minimum atomic E-state index is -0.186. The Morgan fingerprint density at radius 3 is 1.51 bits per heavy atom. The molecule has 0 unspecified atom stereocenters. The topological polar surface area (TPSA) is 18.5 Å². The zero-order valence-electron chi connectivity index (χ0n) is 23.5. The van der Waals surface area contributed by atoms with Gasteiger partial charge in [-0.1, -0.05) is 80.1 Å². The Kier molecular flexibility index (Phi) is 12.4. The van der Waals surface area contributed by atoms with Crippen molar-refractivity contribution in [3.05, 3.63) is 47.1 Å². The van der Waals surface area contributed by atoms with Gasteiger partial charge in [-0.15, -0.1) is 0 Å². The van der Waals surface area contributed by atoms with E-state index >= 15 is 0 Å².